The lowest BCUT2D eigenvalue weighted by Crippen LogP contribution is -2.36. The van der Waals surface area contributed by atoms with Gasteiger partial charge < -0.3 is 0 Å². The monoisotopic (exact) mass is 345 g/mol. The highest BCUT2D eigenvalue weighted by Gasteiger charge is 2.39. The molecule has 1 aliphatic carbocycles. The molecule has 0 aromatic heterocycles. The van der Waals surface area contributed by atoms with Gasteiger partial charge in [-0.2, -0.15) is 0 Å². The lowest BCUT2D eigenvalue weighted by atomic mass is 9.94. The number of benzene rings is 1. The molecule has 1 aliphatic rings. The molecule has 21 heavy (non-hydrogen) atoms. The van der Waals surface area contributed by atoms with Crippen LogP contribution in [-0.2, 0) is 14.8 Å². The topological polar surface area (TPSA) is 63.2 Å². The first-order valence-corrected chi connectivity index (χ1v) is 8.30. The molecule has 4 nitrogen and oxygen atoms in total. The Hall–Kier alpha value is -1.30. The van der Waals surface area contributed by atoms with Crippen LogP contribution in [0.4, 0.5) is 0 Å². The Morgan fingerprint density at radius 1 is 1.19 bits per heavy atom. The van der Waals surface area contributed by atoms with Gasteiger partial charge in [-0.3, -0.25) is 9.52 Å². The maximum absolute atomic E-state index is 12.3. The second-order valence-corrected chi connectivity index (χ2v) is 7.62. The summed E-state index contributed by atoms with van der Waals surface area (Å²) in [5.41, 5.74) is 0.556. The Bertz CT molecular complexity index is 750. The third kappa shape index (κ3) is 3.00. The molecule has 1 aromatic carbocycles. The zero-order valence-electron chi connectivity index (χ0n) is 11.4. The van der Waals surface area contributed by atoms with Crippen LogP contribution < -0.4 is 4.72 Å². The number of allylic oxidation sites excluding steroid dienone is 3. The molecule has 0 spiro atoms. The molecule has 2 rings (SSSR count). The van der Waals surface area contributed by atoms with E-state index in [2.05, 4.69) is 4.72 Å². The summed E-state index contributed by atoms with van der Waals surface area (Å²) in [7, 11) is -3.80. The highest BCUT2D eigenvalue weighted by molar-refractivity contribution is 7.89. The number of hydrogen-bond acceptors (Lipinski definition) is 3. The van der Waals surface area contributed by atoms with Crippen molar-refractivity contribution in [2.45, 2.75) is 23.6 Å². The van der Waals surface area contributed by atoms with Gasteiger partial charge in [0, 0.05) is 0 Å². The smallest absolute Gasteiger partial charge is 0.261 e. The number of sulfonamides is 1. The molecular formula is C14H13Cl2NO3S. The number of halogens is 2. The number of nitrogens with one attached hydrogen (secondary N) is 1. The molecule has 1 aromatic rings. The van der Waals surface area contributed by atoms with Gasteiger partial charge in [-0.25, -0.2) is 8.42 Å². The summed E-state index contributed by atoms with van der Waals surface area (Å²) in [4.78, 5) is 10.5. The van der Waals surface area contributed by atoms with Gasteiger partial charge in [0.1, 0.15) is 4.87 Å². The first-order valence-electron chi connectivity index (χ1n) is 6.06. The van der Waals surface area contributed by atoms with Crippen LogP contribution >= 0.6 is 23.2 Å². The van der Waals surface area contributed by atoms with Gasteiger partial charge in [-0.05, 0) is 37.6 Å². The molecule has 0 saturated heterocycles. The molecule has 0 bridgehead atoms. The van der Waals surface area contributed by atoms with Crippen molar-refractivity contribution in [2.75, 3.05) is 0 Å². The van der Waals surface area contributed by atoms with E-state index in [0.29, 0.717) is 5.57 Å². The number of carbonyl (C=O) groups is 1. The van der Waals surface area contributed by atoms with Gasteiger partial charge in [-0.15, -0.1) is 11.6 Å². The molecule has 0 aliphatic heterocycles. The van der Waals surface area contributed by atoms with Crippen molar-refractivity contribution in [3.8, 4) is 0 Å². The van der Waals surface area contributed by atoms with Crippen molar-refractivity contribution in [2.24, 2.45) is 0 Å². The highest BCUT2D eigenvalue weighted by Crippen LogP contribution is 2.37. The van der Waals surface area contributed by atoms with E-state index in [1.807, 2.05) is 0 Å². The molecule has 0 saturated carbocycles. The van der Waals surface area contributed by atoms with Crippen LogP contribution in [0.5, 0.6) is 0 Å². The average Bonchev–Trinajstić information content (AvgIpc) is 2.43. The van der Waals surface area contributed by atoms with E-state index in [1.54, 1.807) is 25.1 Å². The molecule has 0 radical (unpaired) electrons. The molecule has 7 heteroatoms. The van der Waals surface area contributed by atoms with E-state index in [1.165, 1.54) is 25.1 Å². The van der Waals surface area contributed by atoms with Crippen molar-refractivity contribution in [1.82, 2.24) is 4.72 Å². The quantitative estimate of drug-likeness (QED) is 0.856. The van der Waals surface area contributed by atoms with E-state index < -0.39 is 14.9 Å². The summed E-state index contributed by atoms with van der Waals surface area (Å²) >= 11 is 12.2. The number of rotatable bonds is 3. The minimum absolute atomic E-state index is 0.0336. The maximum Gasteiger partial charge on any atom is 0.261 e. The average molecular weight is 346 g/mol. The van der Waals surface area contributed by atoms with Gasteiger partial charge in [0.2, 0.25) is 0 Å². The first-order chi connectivity index (χ1) is 9.66. The largest absolute Gasteiger partial charge is 0.292 e. The summed E-state index contributed by atoms with van der Waals surface area (Å²) in [6.45, 7) is 3.02. The normalized spacial score (nSPS) is 23.0. The van der Waals surface area contributed by atoms with Crippen LogP contribution in [0.15, 0.2) is 57.6 Å². The van der Waals surface area contributed by atoms with E-state index in [9.17, 15) is 13.2 Å². The molecule has 112 valence electrons. The molecule has 0 heterocycles. The standard InChI is InChI=1S/C14H13Cl2NO3S/c1-9-8-11(18)14(2,16)13(15)12(9)17-21(19,20)10-6-4-3-5-7-10/h3-8,17H,1-2H3. The summed E-state index contributed by atoms with van der Waals surface area (Å²) in [5, 5.41) is -0.0336. The minimum Gasteiger partial charge on any atom is -0.292 e. The summed E-state index contributed by atoms with van der Waals surface area (Å²) < 4.78 is 27.1. The second kappa shape index (κ2) is 5.48. The van der Waals surface area contributed by atoms with Gasteiger partial charge in [0.15, 0.2) is 5.78 Å². The van der Waals surface area contributed by atoms with E-state index >= 15 is 0 Å². The first kappa shape index (κ1) is 16.1. The summed E-state index contributed by atoms with van der Waals surface area (Å²) in [6, 6.07) is 7.87. The Kier molecular flexibility index (Phi) is 4.19. The van der Waals surface area contributed by atoms with Crippen molar-refractivity contribution < 1.29 is 13.2 Å². The van der Waals surface area contributed by atoms with Gasteiger partial charge in [0.25, 0.3) is 10.0 Å². The predicted molar refractivity (Wildman–Crippen MR) is 82.7 cm³/mol. The number of carbonyl (C=O) groups excluding carboxylic acids is 1. The third-order valence-electron chi connectivity index (χ3n) is 3.13. The van der Waals surface area contributed by atoms with Gasteiger partial charge in [0.05, 0.1) is 15.6 Å². The number of ketones is 1. The fourth-order valence-corrected chi connectivity index (χ4v) is 3.50. The Morgan fingerprint density at radius 3 is 2.33 bits per heavy atom. The number of hydrogen-bond donors (Lipinski definition) is 1. The Balaban J connectivity index is 2.46. The molecule has 0 fully saturated rings. The molecule has 1 N–H and O–H groups in total. The SMILES string of the molecule is CC1=CC(=O)C(C)(Cl)C(Cl)=C1NS(=O)(=O)c1ccccc1. The second-order valence-electron chi connectivity index (χ2n) is 4.80. The van der Waals surface area contributed by atoms with Crippen LogP contribution in [0, 0.1) is 0 Å². The zero-order valence-corrected chi connectivity index (χ0v) is 13.7. The third-order valence-corrected chi connectivity index (χ3v) is 5.53. The van der Waals surface area contributed by atoms with Crippen molar-refractivity contribution >= 4 is 39.0 Å². The van der Waals surface area contributed by atoms with Crippen molar-refractivity contribution in [3.63, 3.8) is 0 Å². The maximum atomic E-state index is 12.3. The lowest BCUT2D eigenvalue weighted by Gasteiger charge is -2.27. The fourth-order valence-electron chi connectivity index (χ4n) is 1.84. The Morgan fingerprint density at radius 2 is 1.76 bits per heavy atom. The van der Waals surface area contributed by atoms with Crippen LogP contribution in [0.3, 0.4) is 0 Å². The van der Waals surface area contributed by atoms with Gasteiger partial charge in [-0.1, -0.05) is 29.8 Å². The molecule has 0 amide bonds. The number of alkyl halides is 1. The lowest BCUT2D eigenvalue weighted by molar-refractivity contribution is -0.115. The van der Waals surface area contributed by atoms with E-state index in [0.717, 1.165) is 0 Å². The van der Waals surface area contributed by atoms with Crippen LogP contribution in [0.2, 0.25) is 0 Å². The minimum atomic E-state index is -3.80. The van der Waals surface area contributed by atoms with E-state index in [-0.39, 0.29) is 21.4 Å². The predicted octanol–water partition coefficient (Wildman–Crippen LogP) is 2.94. The molecule has 1 unspecified atom stereocenters. The van der Waals surface area contributed by atoms with Crippen LogP contribution in [0.25, 0.3) is 0 Å². The summed E-state index contributed by atoms with van der Waals surface area (Å²) in [6.07, 6.45) is 1.28. The van der Waals surface area contributed by atoms with Crippen molar-refractivity contribution in [1.29, 1.82) is 0 Å². The molecule has 1 atom stereocenters. The summed E-state index contributed by atoms with van der Waals surface area (Å²) in [5.74, 6) is -0.380. The van der Waals surface area contributed by atoms with Gasteiger partial charge >= 0.3 is 0 Å². The fraction of sp³-hybridized carbons (Fsp3) is 0.214. The van der Waals surface area contributed by atoms with Crippen molar-refractivity contribution in [3.05, 3.63) is 52.7 Å². The zero-order chi connectivity index (χ0) is 15.8. The molecular weight excluding hydrogens is 333 g/mol. The Labute approximate surface area is 133 Å². The van der Waals surface area contributed by atoms with E-state index in [4.69, 9.17) is 23.2 Å². The highest BCUT2D eigenvalue weighted by atomic mass is 35.5. The van der Waals surface area contributed by atoms with Crippen LogP contribution in [0.1, 0.15) is 13.8 Å². The van der Waals surface area contributed by atoms with Crippen LogP contribution in [-0.4, -0.2) is 19.1 Å².